The fourth-order valence-corrected chi connectivity index (χ4v) is 3.22. The first kappa shape index (κ1) is 15.0. The Morgan fingerprint density at radius 3 is 2.90 bits per heavy atom. The van der Waals surface area contributed by atoms with E-state index in [9.17, 15) is 9.90 Å². The molecule has 5 heteroatoms. The first-order valence-electron chi connectivity index (χ1n) is 7.10. The third-order valence-electron chi connectivity index (χ3n) is 4.05. The Morgan fingerprint density at radius 2 is 2.25 bits per heavy atom. The zero-order valence-electron chi connectivity index (χ0n) is 11.7. The summed E-state index contributed by atoms with van der Waals surface area (Å²) in [4.78, 5) is 11.3. The number of carbonyl (C=O) groups is 1. The summed E-state index contributed by atoms with van der Waals surface area (Å²) in [7, 11) is 0. The number of rotatable bonds is 4. The summed E-state index contributed by atoms with van der Waals surface area (Å²) in [6, 6.07) is 3.33. The van der Waals surface area contributed by atoms with Crippen LogP contribution in [0.3, 0.4) is 0 Å². The van der Waals surface area contributed by atoms with Crippen LogP contribution in [0, 0.1) is 5.92 Å². The summed E-state index contributed by atoms with van der Waals surface area (Å²) in [6.07, 6.45) is 5.72. The van der Waals surface area contributed by atoms with Gasteiger partial charge in [-0.3, -0.25) is 0 Å². The van der Waals surface area contributed by atoms with Gasteiger partial charge in [0, 0.05) is 11.7 Å². The van der Waals surface area contributed by atoms with Crippen molar-refractivity contribution in [2.24, 2.45) is 5.92 Å². The predicted molar refractivity (Wildman–Crippen MR) is 82.5 cm³/mol. The molecule has 0 heterocycles. The molecule has 2 unspecified atom stereocenters. The summed E-state index contributed by atoms with van der Waals surface area (Å²) in [6.45, 7) is 2.20. The van der Waals surface area contributed by atoms with Gasteiger partial charge < -0.3 is 16.2 Å². The van der Waals surface area contributed by atoms with Crippen molar-refractivity contribution in [2.75, 3.05) is 11.1 Å². The highest BCUT2D eigenvalue weighted by Gasteiger charge is 2.23. The van der Waals surface area contributed by atoms with Crippen molar-refractivity contribution in [3.63, 3.8) is 0 Å². The number of anilines is 2. The molecule has 20 heavy (non-hydrogen) atoms. The molecule has 4 nitrogen and oxygen atoms in total. The minimum absolute atomic E-state index is 0.147. The van der Waals surface area contributed by atoms with E-state index >= 15 is 0 Å². The second-order valence-corrected chi connectivity index (χ2v) is 5.92. The average Bonchev–Trinajstić information content (AvgIpc) is 2.41. The molecule has 0 amide bonds. The van der Waals surface area contributed by atoms with Gasteiger partial charge >= 0.3 is 5.97 Å². The summed E-state index contributed by atoms with van der Waals surface area (Å²) >= 11 is 6.16. The van der Waals surface area contributed by atoms with Gasteiger partial charge in [0.25, 0.3) is 0 Å². The van der Waals surface area contributed by atoms with E-state index in [1.54, 1.807) is 6.07 Å². The highest BCUT2D eigenvalue weighted by molar-refractivity contribution is 6.34. The molecule has 0 bridgehead atoms. The Morgan fingerprint density at radius 1 is 1.50 bits per heavy atom. The van der Waals surface area contributed by atoms with Crippen LogP contribution in [0.1, 0.15) is 49.4 Å². The molecule has 1 aromatic rings. The normalized spacial score (nSPS) is 22.5. The lowest BCUT2D eigenvalue weighted by molar-refractivity contribution is 0.0698. The van der Waals surface area contributed by atoms with Gasteiger partial charge in [0.1, 0.15) is 0 Å². The highest BCUT2D eigenvalue weighted by Crippen LogP contribution is 2.34. The molecule has 2 rings (SSSR count). The number of nitrogen functional groups attached to an aromatic ring is 1. The van der Waals surface area contributed by atoms with Crippen molar-refractivity contribution in [1.29, 1.82) is 0 Å². The Kier molecular flexibility index (Phi) is 4.76. The number of hydrogen-bond acceptors (Lipinski definition) is 3. The summed E-state index contributed by atoms with van der Waals surface area (Å²) < 4.78 is 0. The Bertz CT molecular complexity index is 505. The van der Waals surface area contributed by atoms with E-state index in [4.69, 9.17) is 17.3 Å². The van der Waals surface area contributed by atoms with Gasteiger partial charge in [0.15, 0.2) is 0 Å². The van der Waals surface area contributed by atoms with Crippen LogP contribution in [0.15, 0.2) is 12.1 Å². The lowest BCUT2D eigenvalue weighted by Crippen LogP contribution is -2.28. The maximum Gasteiger partial charge on any atom is 0.337 e. The number of nitrogens with one attached hydrogen (secondary N) is 1. The molecule has 1 aromatic carbocycles. The van der Waals surface area contributed by atoms with Gasteiger partial charge in [0.05, 0.1) is 16.3 Å². The summed E-state index contributed by atoms with van der Waals surface area (Å²) in [5, 5.41) is 13.0. The Hall–Kier alpha value is -1.42. The summed E-state index contributed by atoms with van der Waals surface area (Å²) in [5.41, 5.74) is 6.68. The van der Waals surface area contributed by atoms with E-state index in [0.29, 0.717) is 22.3 Å². The smallest absolute Gasteiger partial charge is 0.337 e. The van der Waals surface area contributed by atoms with Crippen molar-refractivity contribution in [3.8, 4) is 0 Å². The van der Waals surface area contributed by atoms with Crippen molar-refractivity contribution < 1.29 is 9.90 Å². The fraction of sp³-hybridized carbons (Fsp3) is 0.533. The van der Waals surface area contributed by atoms with Crippen LogP contribution < -0.4 is 11.1 Å². The molecular weight excluding hydrogens is 276 g/mol. The maximum absolute atomic E-state index is 11.3. The number of benzene rings is 1. The first-order valence-corrected chi connectivity index (χ1v) is 7.48. The molecule has 1 fully saturated rings. The van der Waals surface area contributed by atoms with Crippen molar-refractivity contribution in [3.05, 3.63) is 22.7 Å². The molecule has 0 saturated heterocycles. The maximum atomic E-state index is 11.3. The van der Waals surface area contributed by atoms with Gasteiger partial charge in [-0.15, -0.1) is 0 Å². The highest BCUT2D eigenvalue weighted by atomic mass is 35.5. The van der Waals surface area contributed by atoms with Crippen LogP contribution in [0.2, 0.25) is 5.02 Å². The minimum Gasteiger partial charge on any atom is -0.478 e. The van der Waals surface area contributed by atoms with Crippen molar-refractivity contribution >= 4 is 28.9 Å². The lowest BCUT2D eigenvalue weighted by Gasteiger charge is -2.30. The van der Waals surface area contributed by atoms with Gasteiger partial charge in [-0.1, -0.05) is 37.8 Å². The SMILES string of the molecule is CCC1CCCC(Nc2c(Cl)cc(N)cc2C(=O)O)C1. The van der Waals surface area contributed by atoms with Crippen LogP contribution >= 0.6 is 11.6 Å². The zero-order chi connectivity index (χ0) is 14.7. The molecule has 4 N–H and O–H groups in total. The van der Waals surface area contributed by atoms with E-state index in [1.807, 2.05) is 0 Å². The molecule has 1 aliphatic carbocycles. The number of aromatic carboxylic acids is 1. The Labute approximate surface area is 124 Å². The van der Waals surface area contributed by atoms with Gasteiger partial charge in [0.2, 0.25) is 0 Å². The van der Waals surface area contributed by atoms with Crippen molar-refractivity contribution in [1.82, 2.24) is 0 Å². The lowest BCUT2D eigenvalue weighted by atomic mass is 9.84. The number of carboxylic acid groups (broad SMARTS) is 1. The van der Waals surface area contributed by atoms with Crippen LogP contribution in [-0.4, -0.2) is 17.1 Å². The van der Waals surface area contributed by atoms with Crippen LogP contribution in [0.5, 0.6) is 0 Å². The van der Waals surface area contributed by atoms with E-state index < -0.39 is 5.97 Å². The monoisotopic (exact) mass is 296 g/mol. The van der Waals surface area contributed by atoms with E-state index in [1.165, 1.54) is 25.3 Å². The van der Waals surface area contributed by atoms with Crippen LogP contribution in [0.25, 0.3) is 0 Å². The third-order valence-corrected chi connectivity index (χ3v) is 4.35. The van der Waals surface area contributed by atoms with Gasteiger partial charge in [-0.2, -0.15) is 0 Å². The molecule has 0 radical (unpaired) electrons. The third kappa shape index (κ3) is 3.37. The second kappa shape index (κ2) is 6.35. The molecule has 0 aliphatic heterocycles. The number of nitrogens with two attached hydrogens (primary N) is 1. The molecule has 1 aliphatic rings. The first-order chi connectivity index (χ1) is 9.51. The van der Waals surface area contributed by atoms with Crippen LogP contribution in [-0.2, 0) is 0 Å². The number of carboxylic acids is 1. The van der Waals surface area contributed by atoms with E-state index in [-0.39, 0.29) is 11.6 Å². The zero-order valence-corrected chi connectivity index (χ0v) is 12.4. The minimum atomic E-state index is -1.01. The number of halogens is 1. The molecule has 110 valence electrons. The van der Waals surface area contributed by atoms with E-state index in [2.05, 4.69) is 12.2 Å². The quantitative estimate of drug-likeness (QED) is 0.734. The van der Waals surface area contributed by atoms with E-state index in [0.717, 1.165) is 12.8 Å². The van der Waals surface area contributed by atoms with Crippen LogP contribution in [0.4, 0.5) is 11.4 Å². The second-order valence-electron chi connectivity index (χ2n) is 5.51. The molecule has 0 spiro atoms. The fourth-order valence-electron chi connectivity index (χ4n) is 2.94. The van der Waals surface area contributed by atoms with Gasteiger partial charge in [-0.05, 0) is 30.9 Å². The largest absolute Gasteiger partial charge is 0.478 e. The average molecular weight is 297 g/mol. The molecule has 2 atom stereocenters. The van der Waals surface area contributed by atoms with Gasteiger partial charge in [-0.25, -0.2) is 4.79 Å². The predicted octanol–water partition coefficient (Wildman–Crippen LogP) is 4.00. The number of hydrogen-bond donors (Lipinski definition) is 3. The summed E-state index contributed by atoms with van der Waals surface area (Å²) in [5.74, 6) is -0.299. The van der Waals surface area contributed by atoms with Crippen molar-refractivity contribution in [2.45, 2.75) is 45.1 Å². The standard InChI is InChI=1S/C15H21ClN2O2/c1-2-9-4-3-5-11(6-9)18-14-12(15(19)20)7-10(17)8-13(14)16/h7-9,11,18H,2-6,17H2,1H3,(H,19,20). The molecule has 0 aromatic heterocycles. The molecular formula is C15H21ClN2O2. The topological polar surface area (TPSA) is 75.3 Å². The Balaban J connectivity index is 2.22. The molecule has 1 saturated carbocycles.